The van der Waals surface area contributed by atoms with Crippen LogP contribution < -0.4 is 10.1 Å². The van der Waals surface area contributed by atoms with E-state index in [1.807, 2.05) is 26.0 Å². The van der Waals surface area contributed by atoms with Crippen molar-refractivity contribution in [3.05, 3.63) is 87.2 Å². The fourth-order valence-electron chi connectivity index (χ4n) is 5.55. The molecule has 5 N–H and O–H groups in total. The van der Waals surface area contributed by atoms with E-state index in [9.17, 15) is 40.1 Å². The number of hydrogen-bond acceptors (Lipinski definition) is 15. The van der Waals surface area contributed by atoms with Gasteiger partial charge in [-0.1, -0.05) is 51.1 Å². The molecular formula is C37H46N6O12. The van der Waals surface area contributed by atoms with E-state index in [0.717, 1.165) is 17.2 Å². The Bertz CT molecular complexity index is 1840. The van der Waals surface area contributed by atoms with Crippen LogP contribution in [0.4, 0.5) is 5.69 Å². The molecule has 0 bridgehead atoms. The second kappa shape index (κ2) is 19.9. The Hall–Kier alpha value is -5.29. The molecule has 55 heavy (non-hydrogen) atoms. The summed E-state index contributed by atoms with van der Waals surface area (Å²) in [6.07, 6.45) is -5.70. The van der Waals surface area contributed by atoms with E-state index in [1.165, 1.54) is 22.9 Å². The van der Waals surface area contributed by atoms with Crippen molar-refractivity contribution in [2.75, 3.05) is 26.4 Å². The zero-order valence-corrected chi connectivity index (χ0v) is 30.8. The number of amides is 1. The number of ether oxygens (including phenoxy) is 4. The van der Waals surface area contributed by atoms with E-state index in [2.05, 4.69) is 21.7 Å². The summed E-state index contributed by atoms with van der Waals surface area (Å²) >= 11 is 0. The third-order valence-corrected chi connectivity index (χ3v) is 8.67. The number of allylic oxidation sites excluding steroid dienone is 2. The lowest BCUT2D eigenvalue weighted by atomic mass is 9.94. The van der Waals surface area contributed by atoms with Gasteiger partial charge in [0.05, 0.1) is 49.0 Å². The molecular weight excluding hydrogens is 720 g/mol. The minimum Gasteiger partial charge on any atom is -0.455 e. The monoisotopic (exact) mass is 766 g/mol. The first-order chi connectivity index (χ1) is 26.2. The number of nitrogens with one attached hydrogen (secondary N) is 1. The second-order valence-electron chi connectivity index (χ2n) is 13.4. The van der Waals surface area contributed by atoms with Gasteiger partial charge in [0.1, 0.15) is 30.5 Å². The SMILES string of the molecule is CC(C)C(=O)OC(Cn1cc(CCOCCNC(=O)c2ccc(C(=CC#N)C(C)C)cc2)nn1)c1ccc(O[C@@H]2O[C@H](CO)[C@H](O)[C@H](O)[C@H]2O)c([N+](=O)[O-])c1. The summed E-state index contributed by atoms with van der Waals surface area (Å²) in [6.45, 7) is 7.25. The minimum absolute atomic E-state index is 0.0587. The fourth-order valence-corrected chi connectivity index (χ4v) is 5.55. The average molecular weight is 767 g/mol. The molecule has 1 aliphatic heterocycles. The maximum absolute atomic E-state index is 12.7. The van der Waals surface area contributed by atoms with Gasteiger partial charge in [-0.25, -0.2) is 4.68 Å². The van der Waals surface area contributed by atoms with Gasteiger partial charge in [0.25, 0.3) is 5.91 Å². The summed E-state index contributed by atoms with van der Waals surface area (Å²) in [5, 5.41) is 72.1. The molecule has 1 fully saturated rings. The van der Waals surface area contributed by atoms with Gasteiger partial charge in [0.2, 0.25) is 6.29 Å². The highest BCUT2D eigenvalue weighted by Gasteiger charge is 2.45. The molecule has 4 rings (SSSR count). The van der Waals surface area contributed by atoms with Gasteiger partial charge in [0, 0.05) is 42.4 Å². The fraction of sp³-hybridized carbons (Fsp3) is 0.486. The Kier molecular flexibility index (Phi) is 15.3. The van der Waals surface area contributed by atoms with Crippen LogP contribution in [-0.2, 0) is 32.0 Å². The lowest BCUT2D eigenvalue weighted by Gasteiger charge is -2.39. The van der Waals surface area contributed by atoms with Crippen LogP contribution in [-0.4, -0.2) is 109 Å². The highest BCUT2D eigenvalue weighted by atomic mass is 16.7. The molecule has 1 unspecified atom stereocenters. The molecule has 0 radical (unpaired) electrons. The number of rotatable bonds is 18. The number of aliphatic hydroxyl groups is 4. The molecule has 1 amide bonds. The number of esters is 1. The predicted octanol–water partition coefficient (Wildman–Crippen LogP) is 1.86. The van der Waals surface area contributed by atoms with Crippen molar-refractivity contribution in [3.8, 4) is 11.8 Å². The standard InChI is InChI=1S/C37H46N6O12/c1-21(2)27(11-13-38)23-5-7-24(8-6-23)35(48)39-14-16-52-15-12-26-18-42(41-40-26)19-30(53-36(49)22(3)4)25-9-10-29(28(17-25)43(50)51)54-37-34(47)33(46)32(45)31(20-44)55-37/h5-11,17-18,21-22,30-34,37,44-47H,12,14-16,19-20H2,1-4H3,(H,39,48)/t30?,31-,32+,33+,34-,37-/m1/s1. The third-order valence-electron chi connectivity index (χ3n) is 8.67. The van der Waals surface area contributed by atoms with E-state index in [4.69, 9.17) is 24.2 Å². The molecule has 0 aliphatic carbocycles. The summed E-state index contributed by atoms with van der Waals surface area (Å²) in [7, 11) is 0. The second-order valence-corrected chi connectivity index (χ2v) is 13.4. The Morgan fingerprint density at radius 2 is 1.76 bits per heavy atom. The Morgan fingerprint density at radius 3 is 2.40 bits per heavy atom. The van der Waals surface area contributed by atoms with E-state index in [0.29, 0.717) is 17.7 Å². The number of aromatic nitrogens is 3. The summed E-state index contributed by atoms with van der Waals surface area (Å²) in [5.74, 6) is -1.55. The first-order valence-electron chi connectivity index (χ1n) is 17.6. The number of nitrogens with zero attached hydrogens (tertiary/aromatic N) is 5. The largest absolute Gasteiger partial charge is 0.455 e. The molecule has 0 saturated carbocycles. The lowest BCUT2D eigenvalue weighted by Crippen LogP contribution is -2.60. The molecule has 2 aromatic carbocycles. The quantitative estimate of drug-likeness (QED) is 0.0407. The van der Waals surface area contributed by atoms with Crippen molar-refractivity contribution in [3.63, 3.8) is 0 Å². The number of hydrogen-bond donors (Lipinski definition) is 5. The molecule has 1 aliphatic rings. The molecule has 296 valence electrons. The number of nitriles is 1. The summed E-state index contributed by atoms with van der Waals surface area (Å²) < 4.78 is 23.6. The molecule has 6 atom stereocenters. The van der Waals surface area contributed by atoms with Crippen molar-refractivity contribution < 1.29 is 53.9 Å². The van der Waals surface area contributed by atoms with Crippen molar-refractivity contribution >= 4 is 23.1 Å². The van der Waals surface area contributed by atoms with Crippen molar-refractivity contribution in [2.45, 2.75) is 77.5 Å². The van der Waals surface area contributed by atoms with Crippen LogP contribution in [0.5, 0.6) is 5.75 Å². The molecule has 1 saturated heterocycles. The molecule has 3 aromatic rings. The predicted molar refractivity (Wildman–Crippen MR) is 193 cm³/mol. The normalized spacial score (nSPS) is 20.5. The Morgan fingerprint density at radius 1 is 1.05 bits per heavy atom. The lowest BCUT2D eigenvalue weighted by molar-refractivity contribution is -0.387. The highest BCUT2D eigenvalue weighted by molar-refractivity contribution is 5.94. The van der Waals surface area contributed by atoms with Crippen LogP contribution in [0.1, 0.15) is 61.0 Å². The molecule has 18 nitrogen and oxygen atoms in total. The van der Waals surface area contributed by atoms with Crippen LogP contribution in [0.25, 0.3) is 5.57 Å². The van der Waals surface area contributed by atoms with Crippen LogP contribution in [0.3, 0.4) is 0 Å². The zero-order chi connectivity index (χ0) is 40.2. The van der Waals surface area contributed by atoms with E-state index >= 15 is 0 Å². The van der Waals surface area contributed by atoms with Crippen LogP contribution in [0, 0.1) is 33.3 Å². The number of nitro benzene ring substituents is 1. The smallest absolute Gasteiger partial charge is 0.311 e. The summed E-state index contributed by atoms with van der Waals surface area (Å²) in [4.78, 5) is 36.6. The topological polar surface area (TPSA) is 262 Å². The maximum atomic E-state index is 12.7. The van der Waals surface area contributed by atoms with Gasteiger partial charge < -0.3 is 44.7 Å². The molecule has 0 spiro atoms. The molecule has 1 aromatic heterocycles. The van der Waals surface area contributed by atoms with Gasteiger partial charge in [-0.15, -0.1) is 5.10 Å². The summed E-state index contributed by atoms with van der Waals surface area (Å²) in [5.41, 5.74) is 2.44. The van der Waals surface area contributed by atoms with Crippen molar-refractivity contribution in [1.29, 1.82) is 5.26 Å². The summed E-state index contributed by atoms with van der Waals surface area (Å²) in [6, 6.07) is 12.9. The molecule has 2 heterocycles. The average Bonchev–Trinajstić information content (AvgIpc) is 3.61. The maximum Gasteiger partial charge on any atom is 0.311 e. The van der Waals surface area contributed by atoms with E-state index < -0.39 is 65.9 Å². The Balaban J connectivity index is 1.34. The minimum atomic E-state index is -1.79. The van der Waals surface area contributed by atoms with Gasteiger partial charge in [0.15, 0.2) is 5.75 Å². The van der Waals surface area contributed by atoms with Gasteiger partial charge in [-0.2, -0.15) is 5.26 Å². The third kappa shape index (κ3) is 11.4. The number of carbonyl (C=O) groups excluding carboxylic acids is 2. The van der Waals surface area contributed by atoms with Crippen LogP contribution in [0.15, 0.2) is 54.7 Å². The number of carbonyl (C=O) groups is 2. The zero-order valence-electron chi connectivity index (χ0n) is 30.8. The van der Waals surface area contributed by atoms with Crippen molar-refractivity contribution in [1.82, 2.24) is 20.3 Å². The first-order valence-corrected chi connectivity index (χ1v) is 17.6. The number of benzene rings is 2. The first kappa shape index (κ1) is 42.5. The van der Waals surface area contributed by atoms with Gasteiger partial charge >= 0.3 is 11.7 Å². The highest BCUT2D eigenvalue weighted by Crippen LogP contribution is 2.35. The van der Waals surface area contributed by atoms with E-state index in [-0.39, 0.29) is 49.4 Å². The number of aliphatic hydroxyl groups excluding tert-OH is 4. The van der Waals surface area contributed by atoms with Crippen LogP contribution >= 0.6 is 0 Å². The number of nitro groups is 1. The van der Waals surface area contributed by atoms with Gasteiger partial charge in [-0.3, -0.25) is 19.7 Å². The molecule has 18 heteroatoms. The Labute approximate surface area is 317 Å². The van der Waals surface area contributed by atoms with Crippen molar-refractivity contribution in [2.24, 2.45) is 11.8 Å². The van der Waals surface area contributed by atoms with E-state index in [1.54, 1.807) is 32.2 Å². The van der Waals surface area contributed by atoms with Crippen LogP contribution in [0.2, 0.25) is 0 Å². The van der Waals surface area contributed by atoms with Gasteiger partial charge in [-0.05, 0) is 35.3 Å².